The average molecular weight is 124 g/mol. The first-order chi connectivity index (χ1) is 4.41. The topological polar surface area (TPSA) is 17.1 Å². The van der Waals surface area contributed by atoms with Crippen LogP contribution in [0.4, 0.5) is 0 Å². The maximum atomic E-state index is 9.79. The van der Waals surface area contributed by atoms with Gasteiger partial charge in [0, 0.05) is 6.42 Å². The van der Waals surface area contributed by atoms with Crippen molar-refractivity contribution in [2.75, 3.05) is 0 Å². The minimum Gasteiger partial charge on any atom is -0.303 e. The molecule has 9 heavy (non-hydrogen) atoms. The van der Waals surface area contributed by atoms with Gasteiger partial charge in [0.1, 0.15) is 6.29 Å². The van der Waals surface area contributed by atoms with Crippen LogP contribution < -0.4 is 0 Å². The van der Waals surface area contributed by atoms with E-state index in [0.29, 0.717) is 6.42 Å². The zero-order valence-electron chi connectivity index (χ0n) is 5.71. The van der Waals surface area contributed by atoms with Crippen molar-refractivity contribution in [3.63, 3.8) is 0 Å². The van der Waals surface area contributed by atoms with Crippen molar-refractivity contribution in [1.82, 2.24) is 0 Å². The number of carbonyl (C=O) groups is 1. The molecule has 0 aromatic heterocycles. The minimum atomic E-state index is 0.633. The molecule has 0 aromatic carbocycles. The van der Waals surface area contributed by atoms with Gasteiger partial charge in [0.2, 0.25) is 0 Å². The summed E-state index contributed by atoms with van der Waals surface area (Å²) in [4.78, 5) is 9.79. The van der Waals surface area contributed by atoms with Gasteiger partial charge in [-0.05, 0) is 13.3 Å². The molecule has 0 aliphatic carbocycles. The van der Waals surface area contributed by atoms with Crippen molar-refractivity contribution in [2.24, 2.45) is 0 Å². The molecule has 0 N–H and O–H groups in total. The summed E-state index contributed by atoms with van der Waals surface area (Å²) >= 11 is 0. The van der Waals surface area contributed by atoms with Crippen LogP contribution in [0.2, 0.25) is 0 Å². The van der Waals surface area contributed by atoms with Crippen LogP contribution in [0.1, 0.15) is 19.8 Å². The lowest BCUT2D eigenvalue weighted by atomic mass is 10.3. The molecule has 0 rings (SSSR count). The molecule has 0 atom stereocenters. The standard InChI is InChI=1S/C8H12O/c1-2-3-4-5-6-7-8-9/h2-5,8H,6-7H2,1H3/b3-2-,5-4+. The van der Waals surface area contributed by atoms with Crippen LogP contribution in [0, 0.1) is 0 Å². The second-order valence-electron chi connectivity index (χ2n) is 1.70. The Morgan fingerprint density at radius 3 is 2.56 bits per heavy atom. The fourth-order valence-corrected chi connectivity index (χ4v) is 0.450. The van der Waals surface area contributed by atoms with Gasteiger partial charge in [0.15, 0.2) is 0 Å². The second kappa shape index (κ2) is 7.15. The molecule has 0 fully saturated rings. The number of hydrogen-bond donors (Lipinski definition) is 0. The third-order valence-corrected chi connectivity index (χ3v) is 0.891. The summed E-state index contributed by atoms with van der Waals surface area (Å²) in [6.45, 7) is 1.96. The van der Waals surface area contributed by atoms with E-state index in [-0.39, 0.29) is 0 Å². The SMILES string of the molecule is C/C=C\C=C\CCC=O. The largest absolute Gasteiger partial charge is 0.303 e. The summed E-state index contributed by atoms with van der Waals surface area (Å²) in [6.07, 6.45) is 10.3. The fourth-order valence-electron chi connectivity index (χ4n) is 0.450. The zero-order chi connectivity index (χ0) is 6.95. The summed E-state index contributed by atoms with van der Waals surface area (Å²) in [5.74, 6) is 0. The van der Waals surface area contributed by atoms with Crippen molar-refractivity contribution in [1.29, 1.82) is 0 Å². The van der Waals surface area contributed by atoms with Gasteiger partial charge < -0.3 is 4.79 Å². The van der Waals surface area contributed by atoms with Crippen LogP contribution in [-0.2, 0) is 4.79 Å². The maximum Gasteiger partial charge on any atom is 0.120 e. The third kappa shape index (κ3) is 7.15. The Morgan fingerprint density at radius 2 is 2.00 bits per heavy atom. The average Bonchev–Trinajstić information content (AvgIpc) is 1.89. The van der Waals surface area contributed by atoms with E-state index in [4.69, 9.17) is 0 Å². The number of unbranched alkanes of at least 4 members (excludes halogenated alkanes) is 1. The number of allylic oxidation sites excluding steroid dienone is 4. The van der Waals surface area contributed by atoms with Crippen molar-refractivity contribution in [3.05, 3.63) is 24.3 Å². The number of aldehydes is 1. The highest BCUT2D eigenvalue weighted by Crippen LogP contribution is 1.86. The molecule has 0 amide bonds. The molecular formula is C8H12O. The number of hydrogen-bond acceptors (Lipinski definition) is 1. The highest BCUT2D eigenvalue weighted by atomic mass is 16.1. The molecule has 50 valence electrons. The van der Waals surface area contributed by atoms with Crippen molar-refractivity contribution >= 4 is 6.29 Å². The van der Waals surface area contributed by atoms with E-state index >= 15 is 0 Å². The fraction of sp³-hybridized carbons (Fsp3) is 0.375. The maximum absolute atomic E-state index is 9.79. The molecule has 0 aliphatic rings. The predicted molar refractivity (Wildman–Crippen MR) is 39.3 cm³/mol. The molecule has 0 heterocycles. The highest BCUT2D eigenvalue weighted by molar-refractivity contribution is 5.49. The lowest BCUT2D eigenvalue weighted by molar-refractivity contribution is -0.107. The van der Waals surface area contributed by atoms with Gasteiger partial charge in [-0.25, -0.2) is 0 Å². The van der Waals surface area contributed by atoms with E-state index in [1.807, 2.05) is 31.2 Å². The van der Waals surface area contributed by atoms with Crippen LogP contribution >= 0.6 is 0 Å². The predicted octanol–water partition coefficient (Wildman–Crippen LogP) is 2.10. The van der Waals surface area contributed by atoms with Gasteiger partial charge >= 0.3 is 0 Å². The Balaban J connectivity index is 3.14. The first kappa shape index (κ1) is 8.15. The Kier molecular flexibility index (Phi) is 6.47. The Hall–Kier alpha value is -0.850. The monoisotopic (exact) mass is 124 g/mol. The second-order valence-corrected chi connectivity index (χ2v) is 1.70. The summed E-state index contributed by atoms with van der Waals surface area (Å²) in [7, 11) is 0. The Bertz CT molecular complexity index is 112. The summed E-state index contributed by atoms with van der Waals surface area (Å²) in [6, 6.07) is 0. The third-order valence-electron chi connectivity index (χ3n) is 0.891. The van der Waals surface area contributed by atoms with Gasteiger partial charge in [-0.2, -0.15) is 0 Å². The summed E-state index contributed by atoms with van der Waals surface area (Å²) in [5.41, 5.74) is 0. The molecule has 0 spiro atoms. The van der Waals surface area contributed by atoms with E-state index in [2.05, 4.69) is 0 Å². The van der Waals surface area contributed by atoms with Crippen molar-refractivity contribution in [3.8, 4) is 0 Å². The van der Waals surface area contributed by atoms with Crippen molar-refractivity contribution in [2.45, 2.75) is 19.8 Å². The molecule has 0 saturated heterocycles. The normalized spacial score (nSPS) is 11.2. The van der Waals surface area contributed by atoms with Crippen LogP contribution in [0.25, 0.3) is 0 Å². The molecule has 1 nitrogen and oxygen atoms in total. The molecule has 1 heteroatoms. The van der Waals surface area contributed by atoms with Crippen LogP contribution in [-0.4, -0.2) is 6.29 Å². The molecule has 0 aromatic rings. The van der Waals surface area contributed by atoms with Crippen LogP contribution in [0.5, 0.6) is 0 Å². The Labute approximate surface area is 56.1 Å². The van der Waals surface area contributed by atoms with Crippen LogP contribution in [0.3, 0.4) is 0 Å². The molecule has 0 aliphatic heterocycles. The Morgan fingerprint density at radius 1 is 1.22 bits per heavy atom. The van der Waals surface area contributed by atoms with E-state index in [9.17, 15) is 4.79 Å². The van der Waals surface area contributed by atoms with Gasteiger partial charge in [0.05, 0.1) is 0 Å². The lowest BCUT2D eigenvalue weighted by Gasteiger charge is -1.78. The van der Waals surface area contributed by atoms with Crippen molar-refractivity contribution < 1.29 is 4.79 Å². The molecule has 0 bridgehead atoms. The first-order valence-corrected chi connectivity index (χ1v) is 3.13. The number of carbonyl (C=O) groups excluding carboxylic acids is 1. The van der Waals surface area contributed by atoms with Gasteiger partial charge in [-0.3, -0.25) is 0 Å². The van der Waals surface area contributed by atoms with E-state index in [1.54, 1.807) is 0 Å². The number of rotatable bonds is 4. The van der Waals surface area contributed by atoms with E-state index in [0.717, 1.165) is 12.7 Å². The minimum absolute atomic E-state index is 0.633. The van der Waals surface area contributed by atoms with Crippen LogP contribution in [0.15, 0.2) is 24.3 Å². The summed E-state index contributed by atoms with van der Waals surface area (Å²) < 4.78 is 0. The molecule has 0 unspecified atom stereocenters. The summed E-state index contributed by atoms with van der Waals surface area (Å²) in [5, 5.41) is 0. The van der Waals surface area contributed by atoms with Gasteiger partial charge in [-0.15, -0.1) is 0 Å². The molecular weight excluding hydrogens is 112 g/mol. The smallest absolute Gasteiger partial charge is 0.120 e. The lowest BCUT2D eigenvalue weighted by Crippen LogP contribution is -1.68. The zero-order valence-corrected chi connectivity index (χ0v) is 5.71. The first-order valence-electron chi connectivity index (χ1n) is 3.13. The quantitative estimate of drug-likeness (QED) is 0.318. The molecule has 0 saturated carbocycles. The van der Waals surface area contributed by atoms with E-state index < -0.39 is 0 Å². The van der Waals surface area contributed by atoms with Gasteiger partial charge in [0.25, 0.3) is 0 Å². The van der Waals surface area contributed by atoms with Gasteiger partial charge in [-0.1, -0.05) is 24.3 Å². The highest BCUT2D eigenvalue weighted by Gasteiger charge is 1.73. The van der Waals surface area contributed by atoms with E-state index in [1.165, 1.54) is 0 Å². The molecule has 0 radical (unpaired) electrons.